The highest BCUT2D eigenvalue weighted by Gasteiger charge is 2.13. The zero-order chi connectivity index (χ0) is 10.7. The molecule has 0 aromatic carbocycles. The number of nitrogen functional groups attached to an aromatic ring is 1. The summed E-state index contributed by atoms with van der Waals surface area (Å²) in [4.78, 5) is 19.5. The Bertz CT molecular complexity index is 339. The summed E-state index contributed by atoms with van der Waals surface area (Å²) in [6.45, 7) is 5.94. The fourth-order valence-electron chi connectivity index (χ4n) is 1.32. The molecule has 0 aliphatic rings. The van der Waals surface area contributed by atoms with Gasteiger partial charge in [0.1, 0.15) is 0 Å². The van der Waals surface area contributed by atoms with Crippen LogP contribution >= 0.6 is 0 Å². The topological polar surface area (TPSA) is 80.9 Å². The van der Waals surface area contributed by atoms with Crippen molar-refractivity contribution in [2.75, 3.05) is 12.3 Å². The largest absolute Gasteiger partial charge is 0.368 e. The Labute approximate surface area is 82.7 Å². The van der Waals surface area contributed by atoms with Crippen LogP contribution in [0.4, 0.5) is 5.95 Å². The van der Waals surface area contributed by atoms with Gasteiger partial charge in [-0.05, 0) is 20.8 Å². The third-order valence-electron chi connectivity index (χ3n) is 1.85. The van der Waals surface area contributed by atoms with Crippen molar-refractivity contribution in [2.45, 2.75) is 20.8 Å². The van der Waals surface area contributed by atoms with Crippen molar-refractivity contribution in [3.63, 3.8) is 0 Å². The van der Waals surface area contributed by atoms with Gasteiger partial charge in [0.15, 0.2) is 0 Å². The van der Waals surface area contributed by atoms with Gasteiger partial charge in [-0.2, -0.15) is 0 Å². The molecule has 0 spiro atoms. The smallest absolute Gasteiger partial charge is 0.254 e. The molecule has 0 radical (unpaired) electrons. The first-order valence-electron chi connectivity index (χ1n) is 4.45. The van der Waals surface area contributed by atoms with Crippen molar-refractivity contribution < 1.29 is 4.79 Å². The molecule has 76 valence electrons. The Morgan fingerprint density at radius 2 is 1.86 bits per heavy atom. The van der Waals surface area contributed by atoms with Crippen molar-refractivity contribution in [1.29, 1.82) is 0 Å². The van der Waals surface area contributed by atoms with Crippen LogP contribution in [0.1, 0.15) is 28.7 Å². The molecule has 0 atom stereocenters. The van der Waals surface area contributed by atoms with Crippen molar-refractivity contribution in [1.82, 2.24) is 15.3 Å². The molecule has 0 fully saturated rings. The molecule has 1 amide bonds. The van der Waals surface area contributed by atoms with Crippen LogP contribution in [0.2, 0.25) is 0 Å². The number of nitrogens with two attached hydrogens (primary N) is 1. The predicted octanol–water partition coefficient (Wildman–Crippen LogP) is 0.425. The molecule has 0 bridgehead atoms. The fourth-order valence-corrected chi connectivity index (χ4v) is 1.32. The minimum atomic E-state index is -0.150. The first-order chi connectivity index (χ1) is 6.56. The summed E-state index contributed by atoms with van der Waals surface area (Å²) in [7, 11) is 0. The molecular weight excluding hydrogens is 180 g/mol. The van der Waals surface area contributed by atoms with Crippen molar-refractivity contribution >= 4 is 11.9 Å². The summed E-state index contributed by atoms with van der Waals surface area (Å²) in [5, 5.41) is 2.70. The third kappa shape index (κ3) is 1.99. The molecule has 1 aromatic rings. The maximum absolute atomic E-state index is 11.6. The van der Waals surface area contributed by atoms with Gasteiger partial charge < -0.3 is 11.1 Å². The van der Waals surface area contributed by atoms with E-state index in [0.717, 1.165) is 0 Å². The number of carbonyl (C=O) groups excluding carboxylic acids is 1. The number of aryl methyl sites for hydroxylation is 2. The van der Waals surface area contributed by atoms with Gasteiger partial charge in [-0.15, -0.1) is 0 Å². The first-order valence-corrected chi connectivity index (χ1v) is 4.45. The molecule has 0 aliphatic heterocycles. The maximum Gasteiger partial charge on any atom is 0.254 e. The summed E-state index contributed by atoms with van der Waals surface area (Å²) in [6.07, 6.45) is 0. The summed E-state index contributed by atoms with van der Waals surface area (Å²) < 4.78 is 0. The van der Waals surface area contributed by atoms with Crippen LogP contribution in [0, 0.1) is 13.8 Å². The van der Waals surface area contributed by atoms with E-state index in [1.54, 1.807) is 13.8 Å². The minimum Gasteiger partial charge on any atom is -0.368 e. The Hall–Kier alpha value is -1.65. The number of rotatable bonds is 2. The highest BCUT2D eigenvalue weighted by atomic mass is 16.1. The van der Waals surface area contributed by atoms with Crippen molar-refractivity contribution in [2.24, 2.45) is 0 Å². The lowest BCUT2D eigenvalue weighted by atomic mass is 10.1. The number of hydrogen-bond donors (Lipinski definition) is 2. The maximum atomic E-state index is 11.6. The van der Waals surface area contributed by atoms with E-state index < -0.39 is 0 Å². The van der Waals surface area contributed by atoms with Gasteiger partial charge in [-0.25, -0.2) is 9.97 Å². The van der Waals surface area contributed by atoms with Crippen LogP contribution in [0.5, 0.6) is 0 Å². The molecule has 0 aliphatic carbocycles. The zero-order valence-electron chi connectivity index (χ0n) is 8.59. The molecule has 1 rings (SSSR count). The molecular formula is C9H14N4O. The van der Waals surface area contributed by atoms with Gasteiger partial charge in [0, 0.05) is 6.54 Å². The number of amides is 1. The summed E-state index contributed by atoms with van der Waals surface area (Å²) in [6, 6.07) is 0. The zero-order valence-corrected chi connectivity index (χ0v) is 8.59. The lowest BCUT2D eigenvalue weighted by Gasteiger charge is -2.08. The predicted molar refractivity (Wildman–Crippen MR) is 53.9 cm³/mol. The van der Waals surface area contributed by atoms with E-state index in [4.69, 9.17) is 5.73 Å². The number of carbonyl (C=O) groups is 1. The summed E-state index contributed by atoms with van der Waals surface area (Å²) >= 11 is 0. The number of nitrogens with zero attached hydrogens (tertiary/aromatic N) is 2. The molecule has 0 unspecified atom stereocenters. The van der Waals surface area contributed by atoms with Gasteiger partial charge in [-0.3, -0.25) is 4.79 Å². The van der Waals surface area contributed by atoms with Crippen LogP contribution in [-0.4, -0.2) is 22.4 Å². The van der Waals surface area contributed by atoms with Crippen LogP contribution in [0.15, 0.2) is 0 Å². The number of aromatic nitrogens is 2. The van der Waals surface area contributed by atoms with Gasteiger partial charge in [0.05, 0.1) is 17.0 Å². The molecule has 3 N–H and O–H groups in total. The van der Waals surface area contributed by atoms with Crippen LogP contribution in [0.3, 0.4) is 0 Å². The fraction of sp³-hybridized carbons (Fsp3) is 0.444. The average molecular weight is 194 g/mol. The molecule has 14 heavy (non-hydrogen) atoms. The van der Waals surface area contributed by atoms with Crippen LogP contribution < -0.4 is 11.1 Å². The minimum absolute atomic E-state index is 0.150. The highest BCUT2D eigenvalue weighted by molar-refractivity contribution is 5.96. The Morgan fingerprint density at radius 1 is 1.36 bits per heavy atom. The molecule has 1 aromatic heterocycles. The van der Waals surface area contributed by atoms with Gasteiger partial charge in [0.25, 0.3) is 5.91 Å². The van der Waals surface area contributed by atoms with Crippen LogP contribution in [-0.2, 0) is 0 Å². The number of hydrogen-bond acceptors (Lipinski definition) is 4. The van der Waals surface area contributed by atoms with E-state index >= 15 is 0 Å². The molecule has 5 nitrogen and oxygen atoms in total. The Balaban J connectivity index is 3.14. The van der Waals surface area contributed by atoms with Crippen molar-refractivity contribution in [3.8, 4) is 0 Å². The van der Waals surface area contributed by atoms with Crippen molar-refractivity contribution in [3.05, 3.63) is 17.0 Å². The van der Waals surface area contributed by atoms with E-state index in [2.05, 4.69) is 15.3 Å². The highest BCUT2D eigenvalue weighted by Crippen LogP contribution is 2.10. The van der Waals surface area contributed by atoms with E-state index in [0.29, 0.717) is 23.5 Å². The second-order valence-electron chi connectivity index (χ2n) is 2.99. The SMILES string of the molecule is CCNC(=O)c1c(C)nc(N)nc1C. The van der Waals surface area contributed by atoms with Gasteiger partial charge >= 0.3 is 0 Å². The van der Waals surface area contributed by atoms with Crippen LogP contribution in [0.25, 0.3) is 0 Å². The van der Waals surface area contributed by atoms with E-state index in [1.165, 1.54) is 0 Å². The average Bonchev–Trinajstić information content (AvgIpc) is 2.01. The molecule has 0 saturated carbocycles. The molecule has 5 heteroatoms. The number of nitrogens with one attached hydrogen (secondary N) is 1. The summed E-state index contributed by atoms with van der Waals surface area (Å²) in [5.74, 6) is 0.0514. The normalized spacial score (nSPS) is 9.93. The Morgan fingerprint density at radius 3 is 2.29 bits per heavy atom. The van der Waals surface area contributed by atoms with E-state index in [9.17, 15) is 4.79 Å². The standard InChI is InChI=1S/C9H14N4O/c1-4-11-8(14)7-5(2)12-9(10)13-6(7)3/h4H2,1-3H3,(H,11,14)(H2,10,12,13). The second-order valence-corrected chi connectivity index (χ2v) is 2.99. The Kier molecular flexibility index (Phi) is 3.01. The third-order valence-corrected chi connectivity index (χ3v) is 1.85. The van der Waals surface area contributed by atoms with Gasteiger partial charge in [-0.1, -0.05) is 0 Å². The van der Waals surface area contributed by atoms with Gasteiger partial charge in [0.2, 0.25) is 5.95 Å². The van der Waals surface area contributed by atoms with E-state index in [1.807, 2.05) is 6.92 Å². The van der Waals surface area contributed by atoms with E-state index in [-0.39, 0.29) is 11.9 Å². The number of anilines is 1. The summed E-state index contributed by atoms with van der Waals surface area (Å²) in [5.41, 5.74) is 7.19. The monoisotopic (exact) mass is 194 g/mol. The molecule has 0 saturated heterocycles. The lowest BCUT2D eigenvalue weighted by Crippen LogP contribution is -2.25. The quantitative estimate of drug-likeness (QED) is 0.715. The lowest BCUT2D eigenvalue weighted by molar-refractivity contribution is 0.0954. The molecule has 1 heterocycles. The first kappa shape index (κ1) is 10.4. The second kappa shape index (κ2) is 4.04.